The summed E-state index contributed by atoms with van der Waals surface area (Å²) in [6, 6.07) is 46.4. The maximum Gasteiger partial charge on any atom is 0.226 e. The summed E-state index contributed by atoms with van der Waals surface area (Å²) in [6.07, 6.45) is 6.89. The SMILES string of the molecule is CN(C)c1ccc(C2=NN(c3ccc(/C=C/c4ccc(-c5ncc(-c6ccccc6)o5)cc4)cc3)[C@@H](c3ccccc3)C2)cc1. The largest absolute Gasteiger partial charge is 0.436 e. The normalized spacial score (nSPS) is 14.6. The van der Waals surface area contributed by atoms with Gasteiger partial charge in [0.15, 0.2) is 5.76 Å². The summed E-state index contributed by atoms with van der Waals surface area (Å²) < 4.78 is 6.01. The van der Waals surface area contributed by atoms with Gasteiger partial charge in [-0.15, -0.1) is 0 Å². The number of hydrazone groups is 1. The Hall–Kier alpha value is -5.68. The molecule has 6 aromatic rings. The van der Waals surface area contributed by atoms with Crippen LogP contribution >= 0.6 is 0 Å². The molecule has 5 nitrogen and oxygen atoms in total. The Kier molecular flexibility index (Phi) is 7.81. The zero-order valence-electron chi connectivity index (χ0n) is 25.4. The molecule has 0 radical (unpaired) electrons. The Labute approximate surface area is 264 Å². The molecule has 0 aliphatic carbocycles. The van der Waals surface area contributed by atoms with Crippen LogP contribution in [0.5, 0.6) is 0 Å². The average Bonchev–Trinajstić information content (AvgIpc) is 3.78. The molecule has 1 atom stereocenters. The van der Waals surface area contributed by atoms with Crippen molar-refractivity contribution in [3.05, 3.63) is 162 Å². The van der Waals surface area contributed by atoms with E-state index in [0.29, 0.717) is 5.89 Å². The lowest BCUT2D eigenvalue weighted by Crippen LogP contribution is -2.18. The summed E-state index contributed by atoms with van der Waals surface area (Å²) in [7, 11) is 4.12. The highest BCUT2D eigenvalue weighted by Crippen LogP contribution is 2.37. The van der Waals surface area contributed by atoms with Gasteiger partial charge >= 0.3 is 0 Å². The van der Waals surface area contributed by atoms with E-state index in [4.69, 9.17) is 9.52 Å². The van der Waals surface area contributed by atoms with Crippen LogP contribution in [0.4, 0.5) is 11.4 Å². The highest BCUT2D eigenvalue weighted by Gasteiger charge is 2.29. The van der Waals surface area contributed by atoms with Crippen molar-refractivity contribution in [1.29, 1.82) is 0 Å². The van der Waals surface area contributed by atoms with E-state index in [-0.39, 0.29) is 6.04 Å². The summed E-state index contributed by atoms with van der Waals surface area (Å²) >= 11 is 0. The molecule has 0 N–H and O–H groups in total. The Morgan fingerprint density at radius 2 is 1.27 bits per heavy atom. The van der Waals surface area contributed by atoms with Gasteiger partial charge in [-0.3, -0.25) is 5.01 Å². The first kappa shape index (κ1) is 28.1. The quantitative estimate of drug-likeness (QED) is 0.167. The molecule has 0 amide bonds. The van der Waals surface area contributed by atoms with Gasteiger partial charge in [0, 0.05) is 37.3 Å². The Balaban J connectivity index is 1.07. The van der Waals surface area contributed by atoms with E-state index in [2.05, 4.69) is 132 Å². The lowest BCUT2D eigenvalue weighted by atomic mass is 9.98. The number of anilines is 2. The van der Waals surface area contributed by atoms with Crippen molar-refractivity contribution in [2.45, 2.75) is 12.5 Å². The second-order valence-corrected chi connectivity index (χ2v) is 11.4. The van der Waals surface area contributed by atoms with Crippen LogP contribution < -0.4 is 9.91 Å². The van der Waals surface area contributed by atoms with Crippen LogP contribution in [0.1, 0.15) is 34.7 Å². The summed E-state index contributed by atoms with van der Waals surface area (Å²) in [6.45, 7) is 0. The molecule has 45 heavy (non-hydrogen) atoms. The molecule has 7 rings (SSSR count). The maximum atomic E-state index is 6.01. The molecule has 0 unspecified atom stereocenters. The Morgan fingerprint density at radius 1 is 0.667 bits per heavy atom. The topological polar surface area (TPSA) is 44.9 Å². The standard InChI is InChI=1S/C40H34N4O/c1-43(2)35-25-21-31(22-26-35)37-27-38(32-9-5-3-6-10-32)44(42-37)36-23-17-30(18-24-36)14-13-29-15-19-34(20-16-29)40-41-28-39(45-40)33-11-7-4-8-12-33/h3-26,28,38H,27H2,1-2H3/b14-13+/t38-/m1/s1. The van der Waals surface area contributed by atoms with Gasteiger partial charge in [-0.25, -0.2) is 4.98 Å². The third-order valence-electron chi connectivity index (χ3n) is 8.16. The van der Waals surface area contributed by atoms with Crippen LogP contribution in [-0.2, 0) is 0 Å². The van der Waals surface area contributed by atoms with Crippen LogP contribution in [0.25, 0.3) is 34.9 Å². The molecule has 5 aromatic carbocycles. The highest BCUT2D eigenvalue weighted by atomic mass is 16.4. The molecule has 0 saturated carbocycles. The third-order valence-corrected chi connectivity index (χ3v) is 8.16. The smallest absolute Gasteiger partial charge is 0.226 e. The van der Waals surface area contributed by atoms with E-state index in [0.717, 1.165) is 51.4 Å². The summed E-state index contributed by atoms with van der Waals surface area (Å²) in [5.41, 5.74) is 9.98. The van der Waals surface area contributed by atoms with Crippen molar-refractivity contribution in [3.8, 4) is 22.8 Å². The molecular formula is C40H34N4O. The molecular weight excluding hydrogens is 552 g/mol. The predicted molar refractivity (Wildman–Crippen MR) is 186 cm³/mol. The molecule has 1 aliphatic heterocycles. The number of benzene rings is 5. The van der Waals surface area contributed by atoms with E-state index in [9.17, 15) is 0 Å². The number of oxazole rings is 1. The highest BCUT2D eigenvalue weighted by molar-refractivity contribution is 6.03. The van der Waals surface area contributed by atoms with Gasteiger partial charge in [0.2, 0.25) is 5.89 Å². The van der Waals surface area contributed by atoms with Gasteiger partial charge in [0.1, 0.15) is 0 Å². The van der Waals surface area contributed by atoms with Crippen molar-refractivity contribution < 1.29 is 4.42 Å². The molecule has 220 valence electrons. The number of nitrogens with zero attached hydrogens (tertiary/aromatic N) is 4. The molecule has 0 fully saturated rings. The molecule has 0 spiro atoms. The number of rotatable bonds is 8. The fourth-order valence-corrected chi connectivity index (χ4v) is 5.62. The minimum absolute atomic E-state index is 0.141. The minimum atomic E-state index is 0.141. The Morgan fingerprint density at radius 3 is 1.91 bits per heavy atom. The van der Waals surface area contributed by atoms with Crippen molar-refractivity contribution in [2.24, 2.45) is 5.10 Å². The molecule has 1 aromatic heterocycles. The van der Waals surface area contributed by atoms with E-state index >= 15 is 0 Å². The van der Waals surface area contributed by atoms with Gasteiger partial charge in [-0.2, -0.15) is 5.10 Å². The molecule has 5 heteroatoms. The molecule has 0 saturated heterocycles. The first-order chi connectivity index (χ1) is 22.1. The van der Waals surface area contributed by atoms with Crippen LogP contribution in [-0.4, -0.2) is 24.8 Å². The van der Waals surface area contributed by atoms with Crippen molar-refractivity contribution in [2.75, 3.05) is 24.0 Å². The fraction of sp³-hybridized carbons (Fsp3) is 0.100. The van der Waals surface area contributed by atoms with E-state index < -0.39 is 0 Å². The Bertz CT molecular complexity index is 1920. The van der Waals surface area contributed by atoms with Crippen molar-refractivity contribution >= 4 is 29.2 Å². The average molecular weight is 587 g/mol. The number of aromatic nitrogens is 1. The van der Waals surface area contributed by atoms with E-state index in [1.165, 1.54) is 11.3 Å². The second kappa shape index (κ2) is 12.5. The first-order valence-corrected chi connectivity index (χ1v) is 15.2. The monoisotopic (exact) mass is 586 g/mol. The van der Waals surface area contributed by atoms with Crippen molar-refractivity contribution in [1.82, 2.24) is 4.98 Å². The van der Waals surface area contributed by atoms with Gasteiger partial charge in [-0.05, 0) is 58.7 Å². The van der Waals surface area contributed by atoms with Gasteiger partial charge in [-0.1, -0.05) is 109 Å². The van der Waals surface area contributed by atoms with E-state index in [1.54, 1.807) is 6.20 Å². The number of hydrogen-bond acceptors (Lipinski definition) is 5. The molecule has 1 aliphatic rings. The zero-order chi connectivity index (χ0) is 30.6. The van der Waals surface area contributed by atoms with Crippen LogP contribution in [0.2, 0.25) is 0 Å². The van der Waals surface area contributed by atoms with Gasteiger partial charge in [0.25, 0.3) is 0 Å². The predicted octanol–water partition coefficient (Wildman–Crippen LogP) is 9.60. The second-order valence-electron chi connectivity index (χ2n) is 11.4. The lowest BCUT2D eigenvalue weighted by Gasteiger charge is -2.24. The summed E-state index contributed by atoms with van der Waals surface area (Å²) in [5, 5.41) is 7.31. The summed E-state index contributed by atoms with van der Waals surface area (Å²) in [4.78, 5) is 6.60. The van der Waals surface area contributed by atoms with Crippen molar-refractivity contribution in [3.63, 3.8) is 0 Å². The first-order valence-electron chi connectivity index (χ1n) is 15.2. The van der Waals surface area contributed by atoms with Crippen LogP contribution in [0.15, 0.2) is 149 Å². The zero-order valence-corrected chi connectivity index (χ0v) is 25.4. The maximum absolute atomic E-state index is 6.01. The van der Waals surface area contributed by atoms with Gasteiger partial charge in [0.05, 0.1) is 23.6 Å². The third kappa shape index (κ3) is 6.20. The molecule has 0 bridgehead atoms. The lowest BCUT2D eigenvalue weighted by molar-refractivity contribution is 0.589. The van der Waals surface area contributed by atoms with E-state index in [1.807, 2.05) is 42.5 Å². The summed E-state index contributed by atoms with van der Waals surface area (Å²) in [5.74, 6) is 1.38. The minimum Gasteiger partial charge on any atom is -0.436 e. The van der Waals surface area contributed by atoms with Crippen LogP contribution in [0, 0.1) is 0 Å². The van der Waals surface area contributed by atoms with Gasteiger partial charge < -0.3 is 9.32 Å². The van der Waals surface area contributed by atoms with Crippen LogP contribution in [0.3, 0.4) is 0 Å². The molecule has 2 heterocycles. The number of hydrogen-bond donors (Lipinski definition) is 0. The fourth-order valence-electron chi connectivity index (χ4n) is 5.62.